The van der Waals surface area contributed by atoms with Gasteiger partial charge in [-0.05, 0) is 10.8 Å². The van der Waals surface area contributed by atoms with Crippen molar-refractivity contribution in [1.29, 1.82) is 0 Å². The Bertz CT molecular complexity index is 268. The second-order valence-electron chi connectivity index (χ2n) is 2.33. The summed E-state index contributed by atoms with van der Waals surface area (Å²) in [5.41, 5.74) is 0.980. The molecule has 0 fully saturated rings. The predicted molar refractivity (Wildman–Crippen MR) is 58.9 cm³/mol. The van der Waals surface area contributed by atoms with Crippen LogP contribution in [0.1, 0.15) is 5.56 Å². The van der Waals surface area contributed by atoms with E-state index in [9.17, 15) is 0 Å². The summed E-state index contributed by atoms with van der Waals surface area (Å²) in [4.78, 5) is 0. The molecule has 5 heteroatoms. The van der Waals surface area contributed by atoms with Crippen LogP contribution in [-0.4, -0.2) is 6.00 Å². The highest BCUT2D eigenvalue weighted by atomic mass is 35.8. The minimum absolute atomic E-state index is 0.447. The van der Waals surface area contributed by atoms with Gasteiger partial charge in [0.15, 0.2) is 0 Å². The zero-order chi connectivity index (χ0) is 9.19. The molecule has 0 atom stereocenters. The molecule has 0 N–H and O–H groups in total. The molecule has 0 aliphatic rings. The molecule has 0 aliphatic heterocycles. The van der Waals surface area contributed by atoms with Gasteiger partial charge in [0, 0.05) is 5.88 Å². The average Bonchev–Trinajstić information content (AvgIpc) is 2.03. The summed E-state index contributed by atoms with van der Waals surface area (Å²) < 4.78 is 0. The molecule has 0 aliphatic carbocycles. The van der Waals surface area contributed by atoms with Gasteiger partial charge in [0.2, 0.25) is 0 Å². The van der Waals surface area contributed by atoms with Crippen LogP contribution in [0.25, 0.3) is 0 Å². The SMILES string of the molecule is ClCc1cccc([Si](Cl)(Cl)Cl)c1. The van der Waals surface area contributed by atoms with E-state index < -0.39 is 6.00 Å². The minimum Gasteiger partial charge on any atom is -0.122 e. The Balaban J connectivity index is 3.02. The molecule has 1 aromatic carbocycles. The second-order valence-corrected chi connectivity index (χ2v) is 11.0. The van der Waals surface area contributed by atoms with Crippen molar-refractivity contribution in [3.63, 3.8) is 0 Å². The molecule has 0 spiro atoms. The molecule has 12 heavy (non-hydrogen) atoms. The first-order valence-corrected chi connectivity index (χ1v) is 8.83. The average molecular weight is 260 g/mol. The molecule has 0 bridgehead atoms. The van der Waals surface area contributed by atoms with E-state index in [-0.39, 0.29) is 0 Å². The molecule has 0 unspecified atom stereocenters. The number of alkyl halides is 1. The van der Waals surface area contributed by atoms with Crippen molar-refractivity contribution >= 4 is 56.0 Å². The molecule has 0 heterocycles. The van der Waals surface area contributed by atoms with Crippen LogP contribution in [0.3, 0.4) is 0 Å². The molecule has 66 valence electrons. The van der Waals surface area contributed by atoms with Crippen LogP contribution in [0.4, 0.5) is 0 Å². The largest absolute Gasteiger partial charge is 0.372 e. The van der Waals surface area contributed by atoms with Crippen molar-refractivity contribution in [3.8, 4) is 0 Å². The van der Waals surface area contributed by atoms with Gasteiger partial charge in [-0.15, -0.1) is 44.8 Å². The molecule has 0 radical (unpaired) electrons. The normalized spacial score (nSPS) is 11.7. The molecule has 0 saturated heterocycles. The maximum atomic E-state index is 5.81. The summed E-state index contributed by atoms with van der Waals surface area (Å²) in [6.45, 7) is 0. The first kappa shape index (κ1) is 10.7. The maximum Gasteiger partial charge on any atom is 0.372 e. The van der Waals surface area contributed by atoms with E-state index in [1.165, 1.54) is 0 Å². The maximum absolute atomic E-state index is 5.81. The molecule has 0 aromatic heterocycles. The van der Waals surface area contributed by atoms with E-state index in [1.54, 1.807) is 0 Å². The summed E-state index contributed by atoms with van der Waals surface area (Å²) in [6.07, 6.45) is 0. The lowest BCUT2D eigenvalue weighted by Gasteiger charge is -2.08. The molecule has 0 nitrogen and oxygen atoms in total. The quantitative estimate of drug-likeness (QED) is 0.435. The molecule has 0 saturated carbocycles. The van der Waals surface area contributed by atoms with E-state index in [1.807, 2.05) is 24.3 Å². The third kappa shape index (κ3) is 2.82. The summed E-state index contributed by atoms with van der Waals surface area (Å²) in [7, 11) is 0. The van der Waals surface area contributed by atoms with Gasteiger partial charge in [0.1, 0.15) is 0 Å². The topological polar surface area (TPSA) is 0 Å². The van der Waals surface area contributed by atoms with Gasteiger partial charge in [-0.2, -0.15) is 0 Å². The van der Waals surface area contributed by atoms with Crippen LogP contribution in [0, 0.1) is 0 Å². The van der Waals surface area contributed by atoms with Gasteiger partial charge < -0.3 is 0 Å². The highest BCUT2D eigenvalue weighted by molar-refractivity contribution is 7.69. The van der Waals surface area contributed by atoms with E-state index in [0.717, 1.165) is 10.8 Å². The molecular formula is C7H6Cl4Si. The number of halogens is 4. The van der Waals surface area contributed by atoms with Crippen molar-refractivity contribution in [2.45, 2.75) is 5.88 Å². The van der Waals surface area contributed by atoms with Gasteiger partial charge in [0.25, 0.3) is 0 Å². The van der Waals surface area contributed by atoms with Gasteiger partial charge >= 0.3 is 6.00 Å². The van der Waals surface area contributed by atoms with Crippen molar-refractivity contribution in [3.05, 3.63) is 29.8 Å². The fraction of sp³-hybridized carbons (Fsp3) is 0.143. The van der Waals surface area contributed by atoms with Gasteiger partial charge in [-0.3, -0.25) is 0 Å². The summed E-state index contributed by atoms with van der Waals surface area (Å²) in [6, 6.07) is 4.68. The number of rotatable bonds is 2. The highest BCUT2D eigenvalue weighted by Crippen LogP contribution is 2.20. The van der Waals surface area contributed by atoms with Crippen LogP contribution >= 0.6 is 44.8 Å². The van der Waals surface area contributed by atoms with Crippen molar-refractivity contribution in [2.75, 3.05) is 0 Å². The van der Waals surface area contributed by atoms with E-state index in [2.05, 4.69) is 0 Å². The summed E-state index contributed by atoms with van der Waals surface area (Å²) in [5.74, 6) is 0.447. The predicted octanol–water partition coefficient (Wildman–Crippen LogP) is 3.29. The Morgan fingerprint density at radius 3 is 2.33 bits per heavy atom. The number of hydrogen-bond acceptors (Lipinski definition) is 0. The lowest BCUT2D eigenvalue weighted by molar-refractivity contribution is 1.42. The van der Waals surface area contributed by atoms with E-state index in [0.29, 0.717) is 5.88 Å². The third-order valence-corrected chi connectivity index (χ3v) is 4.65. The second kappa shape index (κ2) is 4.21. The minimum atomic E-state index is -2.72. The van der Waals surface area contributed by atoms with Crippen LogP contribution < -0.4 is 5.19 Å². The van der Waals surface area contributed by atoms with Crippen molar-refractivity contribution < 1.29 is 0 Å². The lowest BCUT2D eigenvalue weighted by atomic mass is 10.2. The van der Waals surface area contributed by atoms with Crippen molar-refractivity contribution in [2.24, 2.45) is 0 Å². The Morgan fingerprint density at radius 2 is 1.83 bits per heavy atom. The number of hydrogen-bond donors (Lipinski definition) is 0. The first-order valence-electron chi connectivity index (χ1n) is 3.26. The van der Waals surface area contributed by atoms with Crippen LogP contribution in [0.5, 0.6) is 0 Å². The first-order chi connectivity index (χ1) is 5.54. The monoisotopic (exact) mass is 258 g/mol. The van der Waals surface area contributed by atoms with Crippen molar-refractivity contribution in [1.82, 2.24) is 0 Å². The third-order valence-electron chi connectivity index (χ3n) is 1.41. The summed E-state index contributed by atoms with van der Waals surface area (Å²) in [5, 5.41) is 0.783. The van der Waals surface area contributed by atoms with Crippen LogP contribution in [0.15, 0.2) is 24.3 Å². The molecule has 1 rings (SSSR count). The Morgan fingerprint density at radius 1 is 1.17 bits per heavy atom. The van der Waals surface area contributed by atoms with Crippen LogP contribution in [-0.2, 0) is 5.88 Å². The van der Waals surface area contributed by atoms with E-state index >= 15 is 0 Å². The number of benzene rings is 1. The fourth-order valence-corrected chi connectivity index (χ4v) is 2.69. The standard InChI is InChI=1S/C7H6Cl4Si/c8-5-6-2-1-3-7(4-6)12(9,10)11/h1-4H,5H2. The van der Waals surface area contributed by atoms with Gasteiger partial charge in [0.05, 0.1) is 0 Å². The summed E-state index contributed by atoms with van der Waals surface area (Å²) >= 11 is 23.1. The van der Waals surface area contributed by atoms with Crippen LogP contribution in [0.2, 0.25) is 0 Å². The zero-order valence-electron chi connectivity index (χ0n) is 6.03. The van der Waals surface area contributed by atoms with Gasteiger partial charge in [-0.25, -0.2) is 0 Å². The van der Waals surface area contributed by atoms with Gasteiger partial charge in [-0.1, -0.05) is 24.3 Å². The smallest absolute Gasteiger partial charge is 0.122 e. The lowest BCUT2D eigenvalue weighted by Crippen LogP contribution is -2.30. The molecule has 0 amide bonds. The fourth-order valence-electron chi connectivity index (χ4n) is 0.831. The Hall–Kier alpha value is 0.597. The van der Waals surface area contributed by atoms with E-state index in [4.69, 9.17) is 44.8 Å². The Labute approximate surface area is 91.5 Å². The molecule has 1 aromatic rings. The molecular weight excluding hydrogens is 254 g/mol. The highest BCUT2D eigenvalue weighted by Gasteiger charge is 2.27. The zero-order valence-corrected chi connectivity index (χ0v) is 10.1. The Kier molecular flexibility index (Phi) is 3.74.